The molecule has 3 aromatic rings. The van der Waals surface area contributed by atoms with E-state index in [1.165, 1.54) is 11.1 Å². The molecule has 6 heteroatoms. The van der Waals surface area contributed by atoms with Crippen LogP contribution in [0.25, 0.3) is 5.69 Å². The Hall–Kier alpha value is -2.34. The highest BCUT2D eigenvalue weighted by Crippen LogP contribution is 2.29. The van der Waals surface area contributed by atoms with Crippen molar-refractivity contribution < 1.29 is 4.74 Å². The van der Waals surface area contributed by atoms with Gasteiger partial charge in [0.15, 0.2) is 0 Å². The molecule has 0 bridgehead atoms. The highest BCUT2D eigenvalue weighted by atomic mass is 32.2. The van der Waals surface area contributed by atoms with Gasteiger partial charge in [-0.15, -0.1) is 5.10 Å². The standard InChI is InChI=1S/C18H20N4OS/c1-12-6-8-17(23-4)15(9-12)11-24-18-19-20-21-22(18)16-10-13(2)5-7-14(16)3/h5-10H,11H2,1-4H3. The summed E-state index contributed by atoms with van der Waals surface area (Å²) in [6, 6.07) is 12.5. The Morgan fingerprint density at radius 3 is 2.58 bits per heavy atom. The molecule has 0 N–H and O–H groups in total. The second-order valence-electron chi connectivity index (χ2n) is 5.77. The van der Waals surface area contributed by atoms with Gasteiger partial charge in [-0.2, -0.15) is 4.68 Å². The number of benzene rings is 2. The Morgan fingerprint density at radius 2 is 1.79 bits per heavy atom. The first-order valence-corrected chi connectivity index (χ1v) is 8.69. The molecule has 0 aliphatic carbocycles. The fraction of sp³-hybridized carbons (Fsp3) is 0.278. The van der Waals surface area contributed by atoms with Gasteiger partial charge in [-0.25, -0.2) is 0 Å². The van der Waals surface area contributed by atoms with Crippen LogP contribution >= 0.6 is 11.8 Å². The molecule has 1 aromatic heterocycles. The molecule has 3 rings (SSSR count). The lowest BCUT2D eigenvalue weighted by Crippen LogP contribution is -2.02. The van der Waals surface area contributed by atoms with Gasteiger partial charge in [0.2, 0.25) is 5.16 Å². The van der Waals surface area contributed by atoms with Crippen LogP contribution < -0.4 is 4.74 Å². The van der Waals surface area contributed by atoms with Crippen LogP contribution in [-0.4, -0.2) is 27.3 Å². The minimum absolute atomic E-state index is 0.746. The van der Waals surface area contributed by atoms with Crippen LogP contribution in [0.1, 0.15) is 22.3 Å². The molecule has 0 saturated carbocycles. The summed E-state index contributed by atoms with van der Waals surface area (Å²) in [5.74, 6) is 1.63. The van der Waals surface area contributed by atoms with E-state index >= 15 is 0 Å². The first-order chi connectivity index (χ1) is 11.6. The molecular formula is C18H20N4OS. The summed E-state index contributed by atoms with van der Waals surface area (Å²) in [6.45, 7) is 6.21. The van der Waals surface area contributed by atoms with E-state index in [2.05, 4.69) is 60.6 Å². The number of ether oxygens (including phenoxy) is 1. The zero-order valence-corrected chi connectivity index (χ0v) is 15.1. The summed E-state index contributed by atoms with van der Waals surface area (Å²) in [7, 11) is 1.69. The zero-order valence-electron chi connectivity index (χ0n) is 14.3. The van der Waals surface area contributed by atoms with Crippen molar-refractivity contribution in [1.29, 1.82) is 0 Å². The lowest BCUT2D eigenvalue weighted by molar-refractivity contribution is 0.411. The van der Waals surface area contributed by atoms with Crippen LogP contribution in [0.4, 0.5) is 0 Å². The van der Waals surface area contributed by atoms with Gasteiger partial charge in [0, 0.05) is 11.3 Å². The van der Waals surface area contributed by atoms with E-state index in [0.717, 1.165) is 33.5 Å². The summed E-state index contributed by atoms with van der Waals surface area (Å²) in [5.41, 5.74) is 5.68. The van der Waals surface area contributed by atoms with Crippen LogP contribution in [-0.2, 0) is 5.75 Å². The SMILES string of the molecule is COc1ccc(C)cc1CSc1nnnn1-c1cc(C)ccc1C. The monoisotopic (exact) mass is 340 g/mol. The third-order valence-corrected chi connectivity index (χ3v) is 4.79. The molecule has 5 nitrogen and oxygen atoms in total. The molecule has 24 heavy (non-hydrogen) atoms. The molecule has 0 unspecified atom stereocenters. The number of hydrogen-bond acceptors (Lipinski definition) is 5. The Balaban J connectivity index is 1.87. The lowest BCUT2D eigenvalue weighted by Gasteiger charge is -2.10. The topological polar surface area (TPSA) is 52.8 Å². The van der Waals surface area contributed by atoms with Gasteiger partial charge in [-0.05, 0) is 54.5 Å². The van der Waals surface area contributed by atoms with Gasteiger partial charge in [0.1, 0.15) is 5.75 Å². The van der Waals surface area contributed by atoms with Crippen molar-refractivity contribution in [2.75, 3.05) is 7.11 Å². The third kappa shape index (κ3) is 3.43. The van der Waals surface area contributed by atoms with E-state index in [4.69, 9.17) is 4.74 Å². The van der Waals surface area contributed by atoms with E-state index in [9.17, 15) is 0 Å². The minimum atomic E-state index is 0.746. The van der Waals surface area contributed by atoms with E-state index in [0.29, 0.717) is 0 Å². The van der Waals surface area contributed by atoms with Crippen molar-refractivity contribution in [1.82, 2.24) is 20.2 Å². The lowest BCUT2D eigenvalue weighted by atomic mass is 10.1. The van der Waals surface area contributed by atoms with Crippen molar-refractivity contribution in [2.24, 2.45) is 0 Å². The number of aryl methyl sites for hydroxylation is 3. The quantitative estimate of drug-likeness (QED) is 0.660. The number of nitrogens with zero attached hydrogens (tertiary/aromatic N) is 4. The number of thioether (sulfide) groups is 1. The Bertz CT molecular complexity index is 860. The van der Waals surface area contributed by atoms with E-state index in [-0.39, 0.29) is 0 Å². The van der Waals surface area contributed by atoms with Gasteiger partial charge >= 0.3 is 0 Å². The second kappa shape index (κ2) is 7.05. The molecule has 0 atom stereocenters. The molecular weight excluding hydrogens is 320 g/mol. The maximum Gasteiger partial charge on any atom is 0.214 e. The predicted molar refractivity (Wildman–Crippen MR) is 95.9 cm³/mol. The Morgan fingerprint density at radius 1 is 1.04 bits per heavy atom. The molecule has 1 heterocycles. The summed E-state index contributed by atoms with van der Waals surface area (Å²) < 4.78 is 7.25. The normalized spacial score (nSPS) is 10.8. The molecule has 2 aromatic carbocycles. The molecule has 0 amide bonds. The van der Waals surface area contributed by atoms with E-state index in [1.54, 1.807) is 23.6 Å². The van der Waals surface area contributed by atoms with Crippen LogP contribution in [0.2, 0.25) is 0 Å². The van der Waals surface area contributed by atoms with Gasteiger partial charge in [0.05, 0.1) is 12.8 Å². The highest BCUT2D eigenvalue weighted by molar-refractivity contribution is 7.98. The number of tetrazole rings is 1. The first-order valence-electron chi connectivity index (χ1n) is 7.71. The number of rotatable bonds is 5. The van der Waals surface area contributed by atoms with E-state index in [1.807, 2.05) is 12.1 Å². The molecule has 0 aliphatic rings. The first kappa shape index (κ1) is 16.5. The molecule has 0 spiro atoms. The van der Waals surface area contributed by atoms with Gasteiger partial charge in [-0.3, -0.25) is 0 Å². The number of hydrogen-bond donors (Lipinski definition) is 0. The minimum Gasteiger partial charge on any atom is -0.496 e. The molecule has 124 valence electrons. The van der Waals surface area contributed by atoms with Crippen molar-refractivity contribution in [3.8, 4) is 11.4 Å². The third-order valence-electron chi connectivity index (χ3n) is 3.83. The highest BCUT2D eigenvalue weighted by Gasteiger charge is 2.13. The van der Waals surface area contributed by atoms with Crippen molar-refractivity contribution in [3.05, 3.63) is 58.7 Å². The van der Waals surface area contributed by atoms with Gasteiger partial charge < -0.3 is 4.74 Å². The Kier molecular flexibility index (Phi) is 4.85. The second-order valence-corrected chi connectivity index (χ2v) is 6.71. The molecule has 0 radical (unpaired) electrons. The van der Waals surface area contributed by atoms with Gasteiger partial charge in [-0.1, -0.05) is 41.6 Å². The maximum absolute atomic E-state index is 5.45. The largest absolute Gasteiger partial charge is 0.496 e. The maximum atomic E-state index is 5.45. The number of aromatic nitrogens is 4. The van der Waals surface area contributed by atoms with Crippen LogP contribution in [0.5, 0.6) is 5.75 Å². The summed E-state index contributed by atoms with van der Waals surface area (Å²) >= 11 is 1.60. The number of methoxy groups -OCH3 is 1. The molecule has 0 fully saturated rings. The fourth-order valence-electron chi connectivity index (χ4n) is 2.53. The van der Waals surface area contributed by atoms with Crippen molar-refractivity contribution in [3.63, 3.8) is 0 Å². The summed E-state index contributed by atoms with van der Waals surface area (Å²) in [4.78, 5) is 0. The molecule has 0 aliphatic heterocycles. The van der Waals surface area contributed by atoms with Gasteiger partial charge in [0.25, 0.3) is 0 Å². The van der Waals surface area contributed by atoms with Crippen LogP contribution in [0, 0.1) is 20.8 Å². The van der Waals surface area contributed by atoms with Crippen LogP contribution in [0.3, 0.4) is 0 Å². The fourth-order valence-corrected chi connectivity index (χ4v) is 3.39. The predicted octanol–water partition coefficient (Wildman–Crippen LogP) is 3.89. The average molecular weight is 340 g/mol. The van der Waals surface area contributed by atoms with Crippen molar-refractivity contribution in [2.45, 2.75) is 31.7 Å². The summed E-state index contributed by atoms with van der Waals surface area (Å²) in [5, 5.41) is 13.0. The average Bonchev–Trinajstić information content (AvgIpc) is 3.03. The van der Waals surface area contributed by atoms with Crippen LogP contribution in [0.15, 0.2) is 41.6 Å². The Labute approximate surface area is 146 Å². The molecule has 0 saturated heterocycles. The van der Waals surface area contributed by atoms with Crippen molar-refractivity contribution >= 4 is 11.8 Å². The smallest absolute Gasteiger partial charge is 0.214 e. The summed E-state index contributed by atoms with van der Waals surface area (Å²) in [6.07, 6.45) is 0. The zero-order chi connectivity index (χ0) is 17.1. The van der Waals surface area contributed by atoms with E-state index < -0.39 is 0 Å².